The Morgan fingerprint density at radius 3 is 2.11 bits per heavy atom. The van der Waals surface area contributed by atoms with Gasteiger partial charge in [-0.25, -0.2) is 9.97 Å². The van der Waals surface area contributed by atoms with E-state index < -0.39 is 17.3 Å². The van der Waals surface area contributed by atoms with Crippen LogP contribution in [0.4, 0.5) is 19.1 Å². The molecule has 7 heteroatoms. The molecule has 0 fully saturated rings. The zero-order valence-electron chi connectivity index (χ0n) is 11.4. The summed E-state index contributed by atoms with van der Waals surface area (Å²) in [5.74, 6) is -0.0335. The van der Waals surface area contributed by atoms with E-state index in [1.165, 1.54) is 11.9 Å². The van der Waals surface area contributed by atoms with E-state index in [2.05, 4.69) is 9.97 Å². The topological polar surface area (TPSA) is 49.2 Å². The molecule has 108 valence electrons. The van der Waals surface area contributed by atoms with E-state index in [4.69, 9.17) is 5.11 Å². The minimum Gasteiger partial charge on any atom is -0.395 e. The highest BCUT2D eigenvalue weighted by atomic mass is 19.4. The van der Waals surface area contributed by atoms with Crippen LogP contribution >= 0.6 is 0 Å². The molecule has 4 nitrogen and oxygen atoms in total. The summed E-state index contributed by atoms with van der Waals surface area (Å²) in [6.07, 6.45) is -4.52. The van der Waals surface area contributed by atoms with Gasteiger partial charge < -0.3 is 10.0 Å². The molecule has 0 bridgehead atoms. The molecular formula is C12H18F3N3O. The van der Waals surface area contributed by atoms with Crippen LogP contribution < -0.4 is 4.90 Å². The highest BCUT2D eigenvalue weighted by molar-refractivity contribution is 5.34. The summed E-state index contributed by atoms with van der Waals surface area (Å²) in [6.45, 7) is 5.34. The average Bonchev–Trinajstić information content (AvgIpc) is 2.26. The molecule has 0 aliphatic heterocycles. The average molecular weight is 277 g/mol. The summed E-state index contributed by atoms with van der Waals surface area (Å²) in [6, 6.07) is 0.969. The van der Waals surface area contributed by atoms with Crippen LogP contribution in [0.2, 0.25) is 0 Å². The summed E-state index contributed by atoms with van der Waals surface area (Å²) < 4.78 is 38.5. The molecule has 0 aromatic carbocycles. The third-order valence-corrected chi connectivity index (χ3v) is 2.55. The maximum atomic E-state index is 12.8. The number of aliphatic hydroxyl groups excluding tert-OH is 1. The first-order valence-electron chi connectivity index (χ1n) is 5.84. The second kappa shape index (κ2) is 5.32. The lowest BCUT2D eigenvalue weighted by molar-refractivity contribution is -0.141. The molecule has 1 aromatic rings. The second-order valence-corrected chi connectivity index (χ2v) is 5.33. The predicted molar refractivity (Wildman–Crippen MR) is 66.1 cm³/mol. The fourth-order valence-electron chi connectivity index (χ4n) is 1.38. The molecular weight excluding hydrogens is 259 g/mol. The Morgan fingerprint density at radius 2 is 1.68 bits per heavy atom. The third-order valence-electron chi connectivity index (χ3n) is 2.55. The maximum absolute atomic E-state index is 12.8. The molecule has 1 N–H and O–H groups in total. The molecule has 0 radical (unpaired) electrons. The minimum atomic E-state index is -4.52. The van der Waals surface area contributed by atoms with Crippen molar-refractivity contribution in [3.05, 3.63) is 17.5 Å². The van der Waals surface area contributed by atoms with Crippen molar-refractivity contribution < 1.29 is 18.3 Å². The molecule has 1 aromatic heterocycles. The van der Waals surface area contributed by atoms with Crippen molar-refractivity contribution in [1.82, 2.24) is 9.97 Å². The fourth-order valence-corrected chi connectivity index (χ4v) is 1.38. The van der Waals surface area contributed by atoms with Gasteiger partial charge in [0, 0.05) is 19.0 Å². The fraction of sp³-hybridized carbons (Fsp3) is 0.667. The van der Waals surface area contributed by atoms with Gasteiger partial charge in [0.15, 0.2) is 0 Å². The lowest BCUT2D eigenvalue weighted by Gasteiger charge is -2.23. The first-order valence-corrected chi connectivity index (χ1v) is 5.84. The van der Waals surface area contributed by atoms with Crippen LogP contribution in [-0.4, -0.2) is 35.3 Å². The van der Waals surface area contributed by atoms with Crippen LogP contribution in [0.3, 0.4) is 0 Å². The number of anilines is 1. The number of rotatable bonds is 3. The van der Waals surface area contributed by atoms with E-state index in [0.717, 1.165) is 6.07 Å². The summed E-state index contributed by atoms with van der Waals surface area (Å²) >= 11 is 0. The molecule has 1 heterocycles. The van der Waals surface area contributed by atoms with Crippen LogP contribution in [0.5, 0.6) is 0 Å². The zero-order chi connectivity index (χ0) is 14.8. The molecule has 0 aliphatic rings. The highest BCUT2D eigenvalue weighted by Gasteiger charge is 2.35. The molecule has 0 saturated heterocycles. The maximum Gasteiger partial charge on any atom is 0.433 e. The predicted octanol–water partition coefficient (Wildman–Crippen LogP) is 2.22. The second-order valence-electron chi connectivity index (χ2n) is 5.33. The van der Waals surface area contributed by atoms with Gasteiger partial charge in [-0.3, -0.25) is 0 Å². The van der Waals surface area contributed by atoms with Gasteiger partial charge in [-0.2, -0.15) is 13.2 Å². The number of aliphatic hydroxyl groups is 1. The van der Waals surface area contributed by atoms with Gasteiger partial charge in [0.25, 0.3) is 0 Å². The number of nitrogens with zero attached hydrogens (tertiary/aromatic N) is 3. The zero-order valence-corrected chi connectivity index (χ0v) is 11.4. The summed E-state index contributed by atoms with van der Waals surface area (Å²) in [7, 11) is 1.54. The Balaban J connectivity index is 3.33. The summed E-state index contributed by atoms with van der Waals surface area (Å²) in [5, 5.41) is 8.84. The van der Waals surface area contributed by atoms with E-state index in [-0.39, 0.29) is 19.1 Å². The SMILES string of the molecule is CN(CCO)c1nc(C(C)(C)C)cc(C(F)(F)F)n1. The van der Waals surface area contributed by atoms with Crippen LogP contribution in [-0.2, 0) is 11.6 Å². The molecule has 0 atom stereocenters. The van der Waals surface area contributed by atoms with Crippen molar-refractivity contribution in [3.8, 4) is 0 Å². The van der Waals surface area contributed by atoms with Crippen molar-refractivity contribution in [3.63, 3.8) is 0 Å². The molecule has 0 amide bonds. The van der Waals surface area contributed by atoms with Crippen molar-refractivity contribution in [2.45, 2.75) is 32.4 Å². The number of hydrogen-bond acceptors (Lipinski definition) is 4. The number of halogens is 3. The van der Waals surface area contributed by atoms with E-state index in [1.54, 1.807) is 20.8 Å². The Morgan fingerprint density at radius 1 is 1.16 bits per heavy atom. The van der Waals surface area contributed by atoms with Gasteiger partial charge in [0.2, 0.25) is 5.95 Å². The normalized spacial score (nSPS) is 12.6. The first-order chi connectivity index (χ1) is 8.55. The van der Waals surface area contributed by atoms with Crippen LogP contribution in [0.1, 0.15) is 32.2 Å². The Labute approximate surface area is 110 Å². The lowest BCUT2D eigenvalue weighted by Crippen LogP contribution is -2.27. The van der Waals surface area contributed by atoms with Gasteiger partial charge in [-0.1, -0.05) is 20.8 Å². The van der Waals surface area contributed by atoms with Gasteiger partial charge >= 0.3 is 6.18 Å². The molecule has 1 rings (SSSR count). The molecule has 0 saturated carbocycles. The molecule has 0 aliphatic carbocycles. The molecule has 0 unspecified atom stereocenters. The van der Waals surface area contributed by atoms with Crippen LogP contribution in [0, 0.1) is 0 Å². The van der Waals surface area contributed by atoms with Crippen LogP contribution in [0.15, 0.2) is 6.07 Å². The monoisotopic (exact) mass is 277 g/mol. The Hall–Kier alpha value is -1.37. The minimum absolute atomic E-state index is 0.0335. The molecule has 0 spiro atoms. The van der Waals surface area contributed by atoms with Gasteiger partial charge in [0.1, 0.15) is 5.69 Å². The quantitative estimate of drug-likeness (QED) is 0.920. The smallest absolute Gasteiger partial charge is 0.395 e. The van der Waals surface area contributed by atoms with Gasteiger partial charge in [-0.15, -0.1) is 0 Å². The van der Waals surface area contributed by atoms with Gasteiger partial charge in [0.05, 0.1) is 12.3 Å². The van der Waals surface area contributed by atoms with Crippen molar-refractivity contribution in [2.75, 3.05) is 25.1 Å². The lowest BCUT2D eigenvalue weighted by atomic mass is 9.91. The summed E-state index contributed by atoms with van der Waals surface area (Å²) in [4.78, 5) is 9.05. The first kappa shape index (κ1) is 15.7. The van der Waals surface area contributed by atoms with E-state index in [1.807, 2.05) is 0 Å². The van der Waals surface area contributed by atoms with Gasteiger partial charge in [-0.05, 0) is 6.07 Å². The Kier molecular flexibility index (Phi) is 4.39. The number of hydrogen-bond donors (Lipinski definition) is 1. The largest absolute Gasteiger partial charge is 0.433 e. The number of alkyl halides is 3. The summed E-state index contributed by atoms with van der Waals surface area (Å²) in [5.41, 5.74) is -1.17. The number of aromatic nitrogens is 2. The van der Waals surface area contributed by atoms with E-state index in [0.29, 0.717) is 5.69 Å². The van der Waals surface area contributed by atoms with Crippen molar-refractivity contribution in [2.24, 2.45) is 0 Å². The van der Waals surface area contributed by atoms with Crippen LogP contribution in [0.25, 0.3) is 0 Å². The molecule has 19 heavy (non-hydrogen) atoms. The van der Waals surface area contributed by atoms with E-state index in [9.17, 15) is 13.2 Å². The highest BCUT2D eigenvalue weighted by Crippen LogP contribution is 2.31. The van der Waals surface area contributed by atoms with E-state index >= 15 is 0 Å². The standard InChI is InChI=1S/C12H18F3N3O/c1-11(2,3)8-7-9(12(13,14)15)17-10(16-8)18(4)5-6-19/h7,19H,5-6H2,1-4H3. The number of likely N-dealkylation sites (N-methyl/N-ethyl adjacent to an activating group) is 1. The Bertz CT molecular complexity index is 409. The third kappa shape index (κ3) is 4.05. The van der Waals surface area contributed by atoms with Crippen molar-refractivity contribution in [1.29, 1.82) is 0 Å². The van der Waals surface area contributed by atoms with Crippen molar-refractivity contribution >= 4 is 5.95 Å².